The lowest BCUT2D eigenvalue weighted by Crippen LogP contribution is -2.58. The average Bonchev–Trinajstić information content (AvgIpc) is 2.34. The van der Waals surface area contributed by atoms with Gasteiger partial charge in [0, 0.05) is 12.1 Å². The Kier molecular flexibility index (Phi) is 5.99. The van der Waals surface area contributed by atoms with E-state index in [0.717, 1.165) is 25.8 Å². The Bertz CT molecular complexity index is 350. The van der Waals surface area contributed by atoms with Crippen LogP contribution in [0.25, 0.3) is 0 Å². The Morgan fingerprint density at radius 3 is 2.65 bits per heavy atom. The molecule has 0 saturated carbocycles. The zero-order valence-corrected chi connectivity index (χ0v) is 13.5. The molecule has 1 aliphatic rings. The average molecular weight is 283 g/mol. The summed E-state index contributed by atoms with van der Waals surface area (Å²) in [4.78, 5) is 26.3. The van der Waals surface area contributed by atoms with Crippen LogP contribution in [-0.4, -0.2) is 47.4 Å². The second kappa shape index (κ2) is 7.07. The normalized spacial score (nSPS) is 21.8. The molecule has 0 aliphatic carbocycles. The fourth-order valence-corrected chi connectivity index (χ4v) is 2.41. The molecule has 1 heterocycles. The lowest BCUT2D eigenvalue weighted by atomic mass is 10.0. The minimum absolute atomic E-state index is 0.0567. The number of nitrogens with zero attached hydrogens (tertiary/aromatic N) is 1. The van der Waals surface area contributed by atoms with Gasteiger partial charge in [0.2, 0.25) is 11.8 Å². The predicted molar refractivity (Wildman–Crippen MR) is 80.4 cm³/mol. The van der Waals surface area contributed by atoms with Crippen LogP contribution in [0.4, 0.5) is 0 Å². The van der Waals surface area contributed by atoms with Gasteiger partial charge in [0.15, 0.2) is 0 Å². The summed E-state index contributed by atoms with van der Waals surface area (Å²) in [5.74, 6) is -0.0248. The molecule has 0 spiro atoms. The Labute approximate surface area is 122 Å². The highest BCUT2D eigenvalue weighted by Gasteiger charge is 2.34. The maximum atomic E-state index is 12.4. The van der Waals surface area contributed by atoms with E-state index < -0.39 is 6.04 Å². The van der Waals surface area contributed by atoms with E-state index in [9.17, 15) is 9.59 Å². The Hall–Kier alpha value is -1.10. The maximum Gasteiger partial charge on any atom is 0.242 e. The first-order valence-corrected chi connectivity index (χ1v) is 7.62. The summed E-state index contributed by atoms with van der Waals surface area (Å²) in [5.41, 5.74) is -0.274. The van der Waals surface area contributed by atoms with Crippen molar-refractivity contribution in [3.05, 3.63) is 0 Å². The van der Waals surface area contributed by atoms with Crippen molar-refractivity contribution in [3.63, 3.8) is 0 Å². The van der Waals surface area contributed by atoms with Crippen LogP contribution in [0.1, 0.15) is 53.9 Å². The summed E-state index contributed by atoms with van der Waals surface area (Å²) in [7, 11) is 0. The van der Waals surface area contributed by atoms with Crippen LogP contribution in [0, 0.1) is 0 Å². The monoisotopic (exact) mass is 283 g/mol. The van der Waals surface area contributed by atoms with Crippen LogP contribution >= 0.6 is 0 Å². The SMILES string of the molecule is CCCNC1CCCN(C(C)C(=O)NC(C)(C)C)C1=O. The molecule has 0 aromatic heterocycles. The highest BCUT2D eigenvalue weighted by atomic mass is 16.2. The molecular formula is C15H29N3O2. The molecule has 2 N–H and O–H groups in total. The summed E-state index contributed by atoms with van der Waals surface area (Å²) >= 11 is 0. The fourth-order valence-electron chi connectivity index (χ4n) is 2.41. The van der Waals surface area contributed by atoms with E-state index in [-0.39, 0.29) is 23.4 Å². The molecule has 2 unspecified atom stereocenters. The van der Waals surface area contributed by atoms with E-state index in [1.165, 1.54) is 0 Å². The van der Waals surface area contributed by atoms with Crippen LogP contribution in [0.15, 0.2) is 0 Å². The van der Waals surface area contributed by atoms with Gasteiger partial charge in [-0.05, 0) is 53.5 Å². The molecule has 0 bridgehead atoms. The van der Waals surface area contributed by atoms with Gasteiger partial charge in [-0.3, -0.25) is 9.59 Å². The summed E-state index contributed by atoms with van der Waals surface area (Å²) in [6, 6.07) is -0.540. The molecule has 20 heavy (non-hydrogen) atoms. The summed E-state index contributed by atoms with van der Waals surface area (Å²) in [5, 5.41) is 6.21. The van der Waals surface area contributed by atoms with Crippen molar-refractivity contribution in [1.82, 2.24) is 15.5 Å². The second-order valence-corrected chi connectivity index (χ2v) is 6.60. The van der Waals surface area contributed by atoms with Gasteiger partial charge in [-0.15, -0.1) is 0 Å². The minimum atomic E-state index is -0.409. The summed E-state index contributed by atoms with van der Waals surface area (Å²) in [6.45, 7) is 11.2. The largest absolute Gasteiger partial charge is 0.350 e. The highest BCUT2D eigenvalue weighted by molar-refractivity contribution is 5.90. The van der Waals surface area contributed by atoms with Crippen LogP contribution in [0.2, 0.25) is 0 Å². The van der Waals surface area contributed by atoms with Crippen molar-refractivity contribution in [2.24, 2.45) is 0 Å². The van der Waals surface area contributed by atoms with E-state index in [4.69, 9.17) is 0 Å². The highest BCUT2D eigenvalue weighted by Crippen LogP contribution is 2.15. The topological polar surface area (TPSA) is 61.4 Å². The van der Waals surface area contributed by atoms with Gasteiger partial charge in [0.1, 0.15) is 6.04 Å². The van der Waals surface area contributed by atoms with Gasteiger partial charge >= 0.3 is 0 Å². The third-order valence-electron chi connectivity index (χ3n) is 3.46. The standard InChI is InChI=1S/C15H29N3O2/c1-6-9-16-12-8-7-10-18(14(12)20)11(2)13(19)17-15(3,4)5/h11-12,16H,6-10H2,1-5H3,(H,17,19). The Balaban J connectivity index is 2.64. The number of hydrogen-bond acceptors (Lipinski definition) is 3. The van der Waals surface area contributed by atoms with Gasteiger partial charge < -0.3 is 15.5 Å². The molecular weight excluding hydrogens is 254 g/mol. The molecule has 1 fully saturated rings. The molecule has 1 rings (SSSR count). The Morgan fingerprint density at radius 1 is 1.45 bits per heavy atom. The quantitative estimate of drug-likeness (QED) is 0.799. The van der Waals surface area contributed by atoms with E-state index in [1.54, 1.807) is 11.8 Å². The predicted octanol–water partition coefficient (Wildman–Crippen LogP) is 1.28. The maximum absolute atomic E-state index is 12.4. The molecule has 0 aromatic rings. The zero-order valence-electron chi connectivity index (χ0n) is 13.5. The fraction of sp³-hybridized carbons (Fsp3) is 0.867. The molecule has 5 heteroatoms. The first kappa shape index (κ1) is 17.0. The zero-order chi connectivity index (χ0) is 15.3. The molecule has 2 atom stereocenters. The van der Waals surface area contributed by atoms with Gasteiger partial charge in [-0.1, -0.05) is 6.92 Å². The number of likely N-dealkylation sites (tertiary alicyclic amines) is 1. The second-order valence-electron chi connectivity index (χ2n) is 6.60. The van der Waals surface area contributed by atoms with Crippen molar-refractivity contribution >= 4 is 11.8 Å². The molecule has 0 aromatic carbocycles. The van der Waals surface area contributed by atoms with Gasteiger partial charge in [0.25, 0.3) is 0 Å². The van der Waals surface area contributed by atoms with Crippen molar-refractivity contribution in [2.75, 3.05) is 13.1 Å². The van der Waals surface area contributed by atoms with E-state index in [0.29, 0.717) is 6.54 Å². The van der Waals surface area contributed by atoms with Gasteiger partial charge in [0.05, 0.1) is 6.04 Å². The third kappa shape index (κ3) is 4.78. The third-order valence-corrected chi connectivity index (χ3v) is 3.46. The lowest BCUT2D eigenvalue weighted by Gasteiger charge is -2.37. The number of carbonyl (C=O) groups excluding carboxylic acids is 2. The number of piperidine rings is 1. The van der Waals surface area contributed by atoms with Gasteiger partial charge in [-0.25, -0.2) is 0 Å². The van der Waals surface area contributed by atoms with Crippen LogP contribution in [-0.2, 0) is 9.59 Å². The van der Waals surface area contributed by atoms with Crippen molar-refractivity contribution in [2.45, 2.75) is 71.5 Å². The van der Waals surface area contributed by atoms with Gasteiger partial charge in [-0.2, -0.15) is 0 Å². The van der Waals surface area contributed by atoms with E-state index in [2.05, 4.69) is 17.6 Å². The number of nitrogens with one attached hydrogen (secondary N) is 2. The number of carbonyl (C=O) groups is 2. The molecule has 116 valence electrons. The minimum Gasteiger partial charge on any atom is -0.350 e. The molecule has 5 nitrogen and oxygen atoms in total. The molecule has 1 saturated heterocycles. The van der Waals surface area contributed by atoms with E-state index >= 15 is 0 Å². The molecule has 0 radical (unpaired) electrons. The lowest BCUT2D eigenvalue weighted by molar-refractivity contribution is -0.144. The first-order chi connectivity index (χ1) is 9.26. The summed E-state index contributed by atoms with van der Waals surface area (Å²) in [6.07, 6.45) is 2.81. The van der Waals surface area contributed by atoms with Crippen molar-refractivity contribution < 1.29 is 9.59 Å². The molecule has 2 amide bonds. The number of hydrogen-bond donors (Lipinski definition) is 2. The van der Waals surface area contributed by atoms with E-state index in [1.807, 2.05) is 20.8 Å². The summed E-state index contributed by atoms with van der Waals surface area (Å²) < 4.78 is 0. The molecule has 1 aliphatic heterocycles. The van der Waals surface area contributed by atoms with Crippen molar-refractivity contribution in [1.29, 1.82) is 0 Å². The first-order valence-electron chi connectivity index (χ1n) is 7.62. The van der Waals surface area contributed by atoms with Crippen LogP contribution in [0.5, 0.6) is 0 Å². The Morgan fingerprint density at radius 2 is 2.10 bits per heavy atom. The van der Waals surface area contributed by atoms with Crippen LogP contribution in [0.3, 0.4) is 0 Å². The number of rotatable bonds is 5. The van der Waals surface area contributed by atoms with Crippen molar-refractivity contribution in [3.8, 4) is 0 Å². The smallest absolute Gasteiger partial charge is 0.242 e. The van der Waals surface area contributed by atoms with Crippen LogP contribution < -0.4 is 10.6 Å². The number of amides is 2.